The predicted molar refractivity (Wildman–Crippen MR) is 175 cm³/mol. The number of ether oxygens (including phenoxy) is 6. The van der Waals surface area contributed by atoms with Gasteiger partial charge in [-0.1, -0.05) is 40.0 Å². The summed E-state index contributed by atoms with van der Waals surface area (Å²) in [5, 5.41) is 3.93. The van der Waals surface area contributed by atoms with Crippen molar-refractivity contribution in [2.75, 3.05) is 13.2 Å². The Hall–Kier alpha value is -0.440. The SMILES string of the molecule is C[C@H]1[C@@H](OCC(CO[C@@H]2C[C@@H]3CC[C@@H](C)[C@@H]4CC[C@@]5(C)OO[C@@]34[C@H](O2)O5)NC2CCCCC2)O[C@@H]2O[C@@]3(C)CC[C@H]4[C@H](C)CC[C@@H]1[C@@]24OO3. The van der Waals surface area contributed by atoms with Gasteiger partial charge < -0.3 is 33.7 Å². The number of fused-ring (bicyclic) bond motifs is 4. The second-order valence-electron chi connectivity index (χ2n) is 17.9. The van der Waals surface area contributed by atoms with Crippen LogP contribution < -0.4 is 5.32 Å². The van der Waals surface area contributed by atoms with Crippen LogP contribution in [0.2, 0.25) is 0 Å². The third-order valence-corrected chi connectivity index (χ3v) is 14.7. The minimum Gasteiger partial charge on any atom is -0.351 e. The lowest BCUT2D eigenvalue weighted by Crippen LogP contribution is -2.70. The molecule has 0 aromatic heterocycles. The van der Waals surface area contributed by atoms with Gasteiger partial charge >= 0.3 is 0 Å². The van der Waals surface area contributed by atoms with Gasteiger partial charge in [-0.15, -0.1) is 0 Å². The van der Waals surface area contributed by atoms with E-state index in [-0.39, 0.29) is 30.1 Å². The lowest BCUT2D eigenvalue weighted by molar-refractivity contribution is -0.577. The molecule has 8 saturated heterocycles. The van der Waals surface area contributed by atoms with Crippen LogP contribution in [-0.2, 0) is 48.0 Å². The third-order valence-electron chi connectivity index (χ3n) is 14.7. The Labute approximate surface area is 292 Å². The third kappa shape index (κ3) is 5.70. The van der Waals surface area contributed by atoms with Crippen LogP contribution in [0.3, 0.4) is 0 Å². The zero-order valence-electron chi connectivity index (χ0n) is 30.4. The highest BCUT2D eigenvalue weighted by atomic mass is 17.3. The Morgan fingerprint density at radius 2 is 1.29 bits per heavy atom. The van der Waals surface area contributed by atoms with Gasteiger partial charge in [-0.3, -0.25) is 0 Å². The van der Waals surface area contributed by atoms with Gasteiger partial charge in [-0.2, -0.15) is 0 Å². The fourth-order valence-corrected chi connectivity index (χ4v) is 11.9. The maximum Gasteiger partial charge on any atom is 0.201 e. The van der Waals surface area contributed by atoms with Crippen LogP contribution in [0.5, 0.6) is 0 Å². The van der Waals surface area contributed by atoms with E-state index in [4.69, 9.17) is 48.0 Å². The summed E-state index contributed by atoms with van der Waals surface area (Å²) in [5.74, 6) is 0.777. The molecule has 0 aromatic rings. The van der Waals surface area contributed by atoms with Gasteiger partial charge in [0.2, 0.25) is 11.6 Å². The topological polar surface area (TPSA) is 104 Å². The maximum absolute atomic E-state index is 6.77. The van der Waals surface area contributed by atoms with Crippen LogP contribution >= 0.6 is 0 Å². The summed E-state index contributed by atoms with van der Waals surface area (Å²) in [6.07, 6.45) is 13.3. The maximum atomic E-state index is 6.77. The molecule has 8 heterocycles. The molecule has 11 rings (SSSR count). The van der Waals surface area contributed by atoms with Crippen molar-refractivity contribution >= 4 is 0 Å². The second kappa shape index (κ2) is 12.9. The van der Waals surface area contributed by atoms with Gasteiger partial charge in [-0.25, -0.2) is 19.6 Å². The van der Waals surface area contributed by atoms with Gasteiger partial charge in [0, 0.05) is 43.1 Å². The summed E-state index contributed by atoms with van der Waals surface area (Å²) in [4.78, 5) is 24.7. The molecule has 0 aromatic carbocycles. The summed E-state index contributed by atoms with van der Waals surface area (Å²) < 4.78 is 40.1. The average molecular weight is 692 g/mol. The van der Waals surface area contributed by atoms with Crippen LogP contribution in [0.25, 0.3) is 0 Å². The zero-order chi connectivity index (χ0) is 33.6. The number of hydrogen-bond donors (Lipinski definition) is 1. The van der Waals surface area contributed by atoms with Crippen molar-refractivity contribution in [1.82, 2.24) is 5.32 Å². The summed E-state index contributed by atoms with van der Waals surface area (Å²) in [6, 6.07) is 0.438. The number of nitrogens with one attached hydrogen (secondary N) is 1. The molecule has 3 aliphatic carbocycles. The van der Waals surface area contributed by atoms with Crippen molar-refractivity contribution in [3.8, 4) is 0 Å². The van der Waals surface area contributed by atoms with Crippen LogP contribution in [0.15, 0.2) is 0 Å². The fraction of sp³-hybridized carbons (Fsp3) is 1.00. The predicted octanol–water partition coefficient (Wildman–Crippen LogP) is 6.48. The first-order chi connectivity index (χ1) is 23.6. The molecule has 0 amide bonds. The van der Waals surface area contributed by atoms with Crippen LogP contribution in [-0.4, -0.2) is 73.2 Å². The molecule has 1 unspecified atom stereocenters. The van der Waals surface area contributed by atoms with Crippen LogP contribution in [0, 0.1) is 41.4 Å². The molecule has 11 fully saturated rings. The summed E-state index contributed by atoms with van der Waals surface area (Å²) in [7, 11) is 0. The van der Waals surface area contributed by atoms with Gasteiger partial charge in [0.05, 0.1) is 19.3 Å². The van der Waals surface area contributed by atoms with Gasteiger partial charge in [-0.05, 0) is 88.9 Å². The van der Waals surface area contributed by atoms with Crippen molar-refractivity contribution in [2.24, 2.45) is 41.4 Å². The van der Waals surface area contributed by atoms with Gasteiger partial charge in [0.25, 0.3) is 0 Å². The van der Waals surface area contributed by atoms with Crippen molar-refractivity contribution < 1.29 is 48.0 Å². The molecule has 0 radical (unpaired) electrons. The molecule has 8 aliphatic heterocycles. The van der Waals surface area contributed by atoms with E-state index in [2.05, 4.69) is 26.1 Å². The lowest BCUT2D eigenvalue weighted by Gasteiger charge is -2.60. The molecule has 2 spiro atoms. The molecule has 16 atom stereocenters. The molecule has 278 valence electrons. The van der Waals surface area contributed by atoms with E-state index < -0.39 is 41.6 Å². The largest absolute Gasteiger partial charge is 0.351 e. The molecule has 4 bridgehead atoms. The van der Waals surface area contributed by atoms with E-state index >= 15 is 0 Å². The highest BCUT2D eigenvalue weighted by Crippen LogP contribution is 2.61. The molecule has 3 saturated carbocycles. The molecule has 11 heteroatoms. The van der Waals surface area contributed by atoms with E-state index in [0.29, 0.717) is 42.9 Å². The van der Waals surface area contributed by atoms with E-state index in [9.17, 15) is 0 Å². The quantitative estimate of drug-likeness (QED) is 0.283. The van der Waals surface area contributed by atoms with E-state index in [1.807, 2.05) is 13.8 Å². The highest BCUT2D eigenvalue weighted by molar-refractivity contribution is 5.10. The first kappa shape index (κ1) is 34.3. The molecule has 49 heavy (non-hydrogen) atoms. The Kier molecular flexibility index (Phi) is 9.01. The van der Waals surface area contributed by atoms with E-state index in [1.54, 1.807) is 0 Å². The normalized spacial score (nSPS) is 54.4. The molecular weight excluding hydrogens is 630 g/mol. The van der Waals surface area contributed by atoms with Crippen molar-refractivity contribution in [2.45, 2.75) is 185 Å². The molecule has 11 nitrogen and oxygen atoms in total. The summed E-state index contributed by atoms with van der Waals surface area (Å²) in [6.45, 7) is 11.9. The minimum absolute atomic E-state index is 0.0141. The molecule has 1 N–H and O–H groups in total. The van der Waals surface area contributed by atoms with E-state index in [0.717, 1.165) is 44.9 Å². The Morgan fingerprint density at radius 3 is 2.02 bits per heavy atom. The first-order valence-electron chi connectivity index (χ1n) is 20.0. The van der Waals surface area contributed by atoms with Gasteiger partial charge in [0.15, 0.2) is 36.4 Å². The zero-order valence-corrected chi connectivity index (χ0v) is 30.4. The minimum atomic E-state index is -0.800. The summed E-state index contributed by atoms with van der Waals surface area (Å²) >= 11 is 0. The van der Waals surface area contributed by atoms with E-state index in [1.165, 1.54) is 44.9 Å². The fourth-order valence-electron chi connectivity index (χ4n) is 11.9. The van der Waals surface area contributed by atoms with Gasteiger partial charge in [0.1, 0.15) is 0 Å². The Balaban J connectivity index is 0.894. The monoisotopic (exact) mass is 691 g/mol. The second-order valence-corrected chi connectivity index (χ2v) is 17.9. The Morgan fingerprint density at radius 1 is 0.653 bits per heavy atom. The standard InChI is InChI=1S/C38H61NO10/c1-22-11-13-25-19-31(42-33-37(25)28(22)15-17-35(4,44-33)46-48-37)40-20-27(39-26-9-7-6-8-10-26)21-41-32-24(3)30-14-12-23(2)29-16-18-36(5)45-34(43-32)38(29,30)49-47-36/h22-34,39H,6-21H2,1-5H3/t22-,23-,24-,25+,27?,28+,29+,30+,31+,32+,33-,34-,35-,36-,37+,38-/m1/s1. The van der Waals surface area contributed by atoms with Crippen molar-refractivity contribution in [1.29, 1.82) is 0 Å². The average Bonchev–Trinajstić information content (AvgIpc) is 3.47. The highest BCUT2D eigenvalue weighted by Gasteiger charge is 2.70. The molecule has 11 aliphatic rings. The Bertz CT molecular complexity index is 1200. The van der Waals surface area contributed by atoms with Crippen LogP contribution in [0.1, 0.15) is 125 Å². The number of hydrogen-bond acceptors (Lipinski definition) is 11. The van der Waals surface area contributed by atoms with Crippen molar-refractivity contribution in [3.05, 3.63) is 0 Å². The van der Waals surface area contributed by atoms with Crippen LogP contribution in [0.4, 0.5) is 0 Å². The number of rotatable bonds is 8. The van der Waals surface area contributed by atoms with Crippen molar-refractivity contribution in [3.63, 3.8) is 0 Å². The smallest absolute Gasteiger partial charge is 0.201 e. The molecular formula is C38H61NO10. The summed E-state index contributed by atoms with van der Waals surface area (Å²) in [5.41, 5.74) is -1.16. The lowest BCUT2D eigenvalue weighted by atomic mass is 9.58. The first-order valence-corrected chi connectivity index (χ1v) is 20.0.